The zero-order valence-electron chi connectivity index (χ0n) is 8.51. The van der Waals surface area contributed by atoms with Crippen LogP contribution in [0.3, 0.4) is 0 Å². The van der Waals surface area contributed by atoms with E-state index in [4.69, 9.17) is 4.74 Å². The highest BCUT2D eigenvalue weighted by molar-refractivity contribution is 8.01. The summed E-state index contributed by atoms with van der Waals surface area (Å²) in [6.07, 6.45) is 4.17. The van der Waals surface area contributed by atoms with Gasteiger partial charge >= 0.3 is 0 Å². The molecule has 3 atom stereocenters. The molecule has 2 rings (SSSR count). The Morgan fingerprint density at radius 1 is 1.46 bits per heavy atom. The van der Waals surface area contributed by atoms with E-state index in [1.54, 1.807) is 0 Å². The Morgan fingerprint density at radius 3 is 2.92 bits per heavy atom. The Bertz CT molecular complexity index is 182. The van der Waals surface area contributed by atoms with Gasteiger partial charge in [0.15, 0.2) is 0 Å². The summed E-state index contributed by atoms with van der Waals surface area (Å²) in [5, 5.41) is 4.38. The van der Waals surface area contributed by atoms with Gasteiger partial charge in [0.2, 0.25) is 0 Å². The lowest BCUT2D eigenvalue weighted by Crippen LogP contribution is -2.53. The van der Waals surface area contributed by atoms with Crippen LogP contribution in [-0.4, -0.2) is 29.4 Å². The fourth-order valence-corrected chi connectivity index (χ4v) is 3.84. The molecule has 0 bridgehead atoms. The number of thioether (sulfide) groups is 1. The van der Waals surface area contributed by atoms with Crippen molar-refractivity contribution in [3.63, 3.8) is 0 Å². The van der Waals surface area contributed by atoms with Crippen molar-refractivity contribution >= 4 is 11.8 Å². The van der Waals surface area contributed by atoms with Crippen molar-refractivity contribution < 1.29 is 4.74 Å². The zero-order valence-corrected chi connectivity index (χ0v) is 9.32. The van der Waals surface area contributed by atoms with Gasteiger partial charge in [0.05, 0.1) is 11.0 Å². The lowest BCUT2D eigenvalue weighted by molar-refractivity contribution is 0.0702. The molecule has 0 saturated carbocycles. The summed E-state index contributed by atoms with van der Waals surface area (Å²) in [4.78, 5) is 0.175. The van der Waals surface area contributed by atoms with Crippen molar-refractivity contribution in [2.45, 2.75) is 49.3 Å². The topological polar surface area (TPSA) is 21.3 Å². The van der Waals surface area contributed by atoms with E-state index < -0.39 is 0 Å². The minimum Gasteiger partial charge on any atom is -0.375 e. The van der Waals surface area contributed by atoms with Gasteiger partial charge in [-0.25, -0.2) is 0 Å². The predicted molar refractivity (Wildman–Crippen MR) is 57.1 cm³/mol. The van der Waals surface area contributed by atoms with Gasteiger partial charge in [-0.05, 0) is 32.7 Å². The number of ether oxygens (including phenoxy) is 1. The number of nitrogens with one attached hydrogen (secondary N) is 1. The van der Waals surface area contributed by atoms with Crippen LogP contribution in [0.15, 0.2) is 0 Å². The van der Waals surface area contributed by atoms with Gasteiger partial charge in [-0.15, -0.1) is 11.8 Å². The number of hydrogen-bond acceptors (Lipinski definition) is 3. The molecule has 3 unspecified atom stereocenters. The first-order valence-electron chi connectivity index (χ1n) is 5.25. The van der Waals surface area contributed by atoms with E-state index in [-0.39, 0.29) is 4.87 Å². The van der Waals surface area contributed by atoms with Crippen molar-refractivity contribution in [3.8, 4) is 0 Å². The van der Waals surface area contributed by atoms with E-state index in [1.807, 2.05) is 11.8 Å². The van der Waals surface area contributed by atoms with Crippen LogP contribution in [0.2, 0.25) is 0 Å². The molecule has 76 valence electrons. The van der Waals surface area contributed by atoms with Crippen molar-refractivity contribution in [3.05, 3.63) is 0 Å². The summed E-state index contributed by atoms with van der Waals surface area (Å²) >= 11 is 2.05. The lowest BCUT2D eigenvalue weighted by Gasteiger charge is -2.41. The quantitative estimate of drug-likeness (QED) is 0.701. The molecule has 2 fully saturated rings. The van der Waals surface area contributed by atoms with E-state index in [1.165, 1.54) is 19.3 Å². The van der Waals surface area contributed by atoms with Crippen molar-refractivity contribution in [1.29, 1.82) is 0 Å². The maximum Gasteiger partial charge on any atom is 0.0884 e. The molecule has 2 saturated heterocycles. The van der Waals surface area contributed by atoms with E-state index >= 15 is 0 Å². The van der Waals surface area contributed by atoms with Gasteiger partial charge in [-0.3, -0.25) is 0 Å². The molecule has 0 amide bonds. The normalized spacial score (nSPS) is 46.6. The number of hydrogen-bond donors (Lipinski definition) is 1. The molecule has 0 aromatic carbocycles. The van der Waals surface area contributed by atoms with Crippen LogP contribution in [0.1, 0.15) is 33.1 Å². The van der Waals surface area contributed by atoms with Crippen LogP contribution >= 0.6 is 11.8 Å². The van der Waals surface area contributed by atoms with Crippen LogP contribution in [0.5, 0.6) is 0 Å². The Kier molecular flexibility index (Phi) is 2.86. The Morgan fingerprint density at radius 2 is 2.31 bits per heavy atom. The largest absolute Gasteiger partial charge is 0.375 e. The molecule has 2 heterocycles. The van der Waals surface area contributed by atoms with Crippen LogP contribution < -0.4 is 5.32 Å². The van der Waals surface area contributed by atoms with Gasteiger partial charge in [0, 0.05) is 11.9 Å². The van der Waals surface area contributed by atoms with E-state index in [2.05, 4.69) is 19.2 Å². The highest BCUT2D eigenvalue weighted by atomic mass is 32.2. The summed E-state index contributed by atoms with van der Waals surface area (Å²) in [5.74, 6) is 0. The first kappa shape index (κ1) is 9.81. The summed E-state index contributed by atoms with van der Waals surface area (Å²) < 4.78 is 5.76. The first-order chi connectivity index (χ1) is 6.21. The summed E-state index contributed by atoms with van der Waals surface area (Å²) in [6, 6.07) is 0. The maximum atomic E-state index is 5.76. The third-order valence-corrected chi connectivity index (χ3v) is 4.55. The molecule has 2 aliphatic rings. The third kappa shape index (κ3) is 2.03. The molecule has 0 radical (unpaired) electrons. The van der Waals surface area contributed by atoms with Gasteiger partial charge < -0.3 is 10.1 Å². The molecule has 0 spiro atoms. The third-order valence-electron chi connectivity index (χ3n) is 3.02. The van der Waals surface area contributed by atoms with Gasteiger partial charge in [-0.2, -0.15) is 0 Å². The Balaban J connectivity index is 2.00. The second kappa shape index (κ2) is 3.79. The number of rotatable bonds is 1. The highest BCUT2D eigenvalue weighted by Gasteiger charge is 2.40. The second-order valence-electron chi connectivity index (χ2n) is 4.25. The highest BCUT2D eigenvalue weighted by Crippen LogP contribution is 2.39. The molecular weight excluding hydrogens is 182 g/mol. The fourth-order valence-electron chi connectivity index (χ4n) is 2.24. The average Bonchev–Trinajstić information content (AvgIpc) is 2.55. The van der Waals surface area contributed by atoms with E-state index in [9.17, 15) is 0 Å². The standard InChI is InChI=1S/C10H19NOS/c1-8-5-6-11-10(2,13-8)9-4-3-7-12-9/h8-9,11H,3-7H2,1-2H3. The van der Waals surface area contributed by atoms with Crippen molar-refractivity contribution in [2.75, 3.05) is 13.2 Å². The fraction of sp³-hybridized carbons (Fsp3) is 1.00. The second-order valence-corrected chi connectivity index (χ2v) is 6.14. The molecule has 1 N–H and O–H groups in total. The van der Waals surface area contributed by atoms with Crippen LogP contribution in [0.4, 0.5) is 0 Å². The summed E-state index contributed by atoms with van der Waals surface area (Å²) in [5.41, 5.74) is 0. The summed E-state index contributed by atoms with van der Waals surface area (Å²) in [7, 11) is 0. The Labute approximate surface area is 84.8 Å². The maximum absolute atomic E-state index is 5.76. The van der Waals surface area contributed by atoms with Crippen LogP contribution in [0.25, 0.3) is 0 Å². The Hall–Kier alpha value is 0.270. The van der Waals surface area contributed by atoms with Crippen molar-refractivity contribution in [2.24, 2.45) is 0 Å². The zero-order chi connectivity index (χ0) is 9.31. The molecular formula is C10H19NOS. The van der Waals surface area contributed by atoms with Gasteiger partial charge in [0.25, 0.3) is 0 Å². The van der Waals surface area contributed by atoms with Gasteiger partial charge in [0.1, 0.15) is 0 Å². The molecule has 0 aliphatic carbocycles. The molecule has 0 aromatic rings. The van der Waals surface area contributed by atoms with Gasteiger partial charge in [-0.1, -0.05) is 6.92 Å². The van der Waals surface area contributed by atoms with Crippen LogP contribution in [0, 0.1) is 0 Å². The molecule has 0 aromatic heterocycles. The van der Waals surface area contributed by atoms with Crippen LogP contribution in [-0.2, 0) is 4.74 Å². The summed E-state index contributed by atoms with van der Waals surface area (Å²) in [6.45, 7) is 6.71. The monoisotopic (exact) mass is 201 g/mol. The predicted octanol–water partition coefficient (Wildman–Crippen LogP) is 2.00. The SMILES string of the molecule is CC1CCNC(C)(C2CCCO2)S1. The van der Waals surface area contributed by atoms with Crippen molar-refractivity contribution in [1.82, 2.24) is 5.32 Å². The first-order valence-corrected chi connectivity index (χ1v) is 6.13. The molecule has 2 nitrogen and oxygen atoms in total. The van der Waals surface area contributed by atoms with E-state index in [0.29, 0.717) is 6.10 Å². The average molecular weight is 201 g/mol. The minimum atomic E-state index is 0.175. The minimum absolute atomic E-state index is 0.175. The smallest absolute Gasteiger partial charge is 0.0884 e. The molecule has 3 heteroatoms. The molecule has 13 heavy (non-hydrogen) atoms. The van der Waals surface area contributed by atoms with E-state index in [0.717, 1.165) is 18.4 Å². The lowest BCUT2D eigenvalue weighted by atomic mass is 10.1. The molecule has 2 aliphatic heterocycles.